The molecule has 2 saturated heterocycles. The SMILES string of the molecule is COc1ccccc1CN1CCN(C(=O)C2(OC)CCNCC2)CC1.Cl.Cl. The number of rotatable bonds is 5. The van der Waals surface area contributed by atoms with Crippen molar-refractivity contribution in [3.63, 3.8) is 0 Å². The first-order chi connectivity index (χ1) is 12.2. The first-order valence-electron chi connectivity index (χ1n) is 9.08. The highest BCUT2D eigenvalue weighted by Gasteiger charge is 2.42. The standard InChI is InChI=1S/C19H29N3O3.2ClH/c1-24-17-6-4-3-5-16(17)15-21-11-13-22(14-12-21)18(23)19(25-2)7-9-20-10-8-19;;/h3-6,20H,7-15H2,1-2H3;2*1H. The zero-order valence-corrected chi connectivity index (χ0v) is 17.7. The largest absolute Gasteiger partial charge is 0.496 e. The maximum atomic E-state index is 13.0. The molecule has 1 aromatic carbocycles. The molecule has 0 aromatic heterocycles. The number of ether oxygens (including phenoxy) is 2. The number of carbonyl (C=O) groups is 1. The van der Waals surface area contributed by atoms with Crippen LogP contribution in [-0.4, -0.2) is 74.8 Å². The number of nitrogens with zero attached hydrogens (tertiary/aromatic N) is 2. The fourth-order valence-electron chi connectivity index (χ4n) is 3.81. The van der Waals surface area contributed by atoms with E-state index in [2.05, 4.69) is 16.3 Å². The van der Waals surface area contributed by atoms with Crippen molar-refractivity contribution in [2.45, 2.75) is 25.0 Å². The van der Waals surface area contributed by atoms with Gasteiger partial charge in [0.1, 0.15) is 11.4 Å². The van der Waals surface area contributed by atoms with Crippen LogP contribution in [0, 0.1) is 0 Å². The van der Waals surface area contributed by atoms with E-state index in [0.29, 0.717) is 0 Å². The molecule has 2 aliphatic rings. The second-order valence-corrected chi connectivity index (χ2v) is 6.83. The quantitative estimate of drug-likeness (QED) is 0.790. The van der Waals surface area contributed by atoms with Crippen LogP contribution in [0.4, 0.5) is 0 Å². The molecule has 0 saturated carbocycles. The minimum atomic E-state index is -0.629. The van der Waals surface area contributed by atoms with Gasteiger partial charge >= 0.3 is 0 Å². The summed E-state index contributed by atoms with van der Waals surface area (Å²) in [6.07, 6.45) is 1.51. The Morgan fingerprint density at radius 1 is 1.07 bits per heavy atom. The van der Waals surface area contributed by atoms with Gasteiger partial charge in [0.2, 0.25) is 0 Å². The molecule has 2 heterocycles. The molecule has 0 spiro atoms. The fraction of sp³-hybridized carbons (Fsp3) is 0.632. The Bertz CT molecular complexity index is 589. The highest BCUT2D eigenvalue weighted by molar-refractivity contribution is 5.86. The van der Waals surface area contributed by atoms with E-state index >= 15 is 0 Å². The van der Waals surface area contributed by atoms with Crippen LogP contribution < -0.4 is 10.1 Å². The number of halogens is 2. The lowest BCUT2D eigenvalue weighted by Crippen LogP contribution is -2.59. The minimum absolute atomic E-state index is 0. The lowest BCUT2D eigenvalue weighted by molar-refractivity contribution is -0.160. The molecule has 3 rings (SSSR count). The van der Waals surface area contributed by atoms with Crippen LogP contribution in [0.25, 0.3) is 0 Å². The summed E-state index contributed by atoms with van der Waals surface area (Å²) in [5.74, 6) is 1.09. The van der Waals surface area contributed by atoms with Crippen molar-refractivity contribution in [3.05, 3.63) is 29.8 Å². The monoisotopic (exact) mass is 419 g/mol. The average Bonchev–Trinajstić information content (AvgIpc) is 2.69. The number of amides is 1. The van der Waals surface area contributed by atoms with Gasteiger partial charge in [-0.1, -0.05) is 18.2 Å². The van der Waals surface area contributed by atoms with Gasteiger partial charge in [-0.3, -0.25) is 9.69 Å². The Morgan fingerprint density at radius 3 is 2.30 bits per heavy atom. The second kappa shape index (κ2) is 11.1. The summed E-state index contributed by atoms with van der Waals surface area (Å²) in [4.78, 5) is 17.4. The van der Waals surface area contributed by atoms with Crippen LogP contribution in [0.5, 0.6) is 5.75 Å². The number of hydrogen-bond acceptors (Lipinski definition) is 5. The van der Waals surface area contributed by atoms with E-state index in [9.17, 15) is 4.79 Å². The molecular weight excluding hydrogens is 389 g/mol. The summed E-state index contributed by atoms with van der Waals surface area (Å²) in [6.45, 7) is 5.80. The number of piperazine rings is 1. The van der Waals surface area contributed by atoms with Gasteiger partial charge in [0.25, 0.3) is 5.91 Å². The Kier molecular flexibility index (Phi) is 9.84. The normalized spacial score (nSPS) is 19.6. The molecule has 2 aliphatic heterocycles. The molecule has 1 N–H and O–H groups in total. The molecule has 1 amide bonds. The van der Waals surface area contributed by atoms with E-state index in [4.69, 9.17) is 9.47 Å². The molecule has 154 valence electrons. The molecule has 0 atom stereocenters. The van der Waals surface area contributed by atoms with Crippen molar-refractivity contribution in [2.24, 2.45) is 0 Å². The number of nitrogens with one attached hydrogen (secondary N) is 1. The maximum Gasteiger partial charge on any atom is 0.254 e. The topological polar surface area (TPSA) is 54.0 Å². The van der Waals surface area contributed by atoms with Crippen LogP contribution in [-0.2, 0) is 16.1 Å². The van der Waals surface area contributed by atoms with Crippen LogP contribution in [0.2, 0.25) is 0 Å². The molecule has 1 aromatic rings. The molecule has 0 bridgehead atoms. The molecule has 2 fully saturated rings. The van der Waals surface area contributed by atoms with Crippen LogP contribution >= 0.6 is 24.8 Å². The lowest BCUT2D eigenvalue weighted by atomic mass is 9.90. The number of para-hydroxylation sites is 1. The van der Waals surface area contributed by atoms with Gasteiger partial charge in [-0.05, 0) is 32.0 Å². The summed E-state index contributed by atoms with van der Waals surface area (Å²) in [6, 6.07) is 8.12. The maximum absolute atomic E-state index is 13.0. The van der Waals surface area contributed by atoms with Crippen molar-refractivity contribution in [3.8, 4) is 5.75 Å². The highest BCUT2D eigenvalue weighted by Crippen LogP contribution is 2.26. The summed E-state index contributed by atoms with van der Waals surface area (Å²) >= 11 is 0. The van der Waals surface area contributed by atoms with Crippen molar-refractivity contribution >= 4 is 30.7 Å². The number of carbonyl (C=O) groups excluding carboxylic acids is 1. The second-order valence-electron chi connectivity index (χ2n) is 6.83. The van der Waals surface area contributed by atoms with Crippen LogP contribution in [0.1, 0.15) is 18.4 Å². The van der Waals surface area contributed by atoms with E-state index in [0.717, 1.165) is 64.4 Å². The summed E-state index contributed by atoms with van der Waals surface area (Å²) in [7, 11) is 3.37. The molecule has 6 nitrogen and oxygen atoms in total. The predicted molar refractivity (Wildman–Crippen MR) is 111 cm³/mol. The van der Waals surface area contributed by atoms with Gasteiger partial charge in [-0.2, -0.15) is 0 Å². The van der Waals surface area contributed by atoms with Crippen LogP contribution in [0.3, 0.4) is 0 Å². The summed E-state index contributed by atoms with van der Waals surface area (Å²) in [5, 5.41) is 3.31. The van der Waals surface area contributed by atoms with Crippen molar-refractivity contribution < 1.29 is 14.3 Å². The van der Waals surface area contributed by atoms with Gasteiger partial charge in [0.05, 0.1) is 7.11 Å². The number of methoxy groups -OCH3 is 2. The molecule has 0 radical (unpaired) electrons. The highest BCUT2D eigenvalue weighted by atomic mass is 35.5. The van der Waals surface area contributed by atoms with Gasteiger partial charge in [0.15, 0.2) is 0 Å². The van der Waals surface area contributed by atoms with Gasteiger partial charge in [-0.15, -0.1) is 24.8 Å². The molecule has 8 heteroatoms. The predicted octanol–water partition coefficient (Wildman–Crippen LogP) is 1.95. The number of hydrogen-bond donors (Lipinski definition) is 1. The van der Waals surface area contributed by atoms with E-state index in [1.165, 1.54) is 5.56 Å². The zero-order valence-electron chi connectivity index (χ0n) is 16.1. The molecular formula is C19H31Cl2N3O3. The van der Waals surface area contributed by atoms with Crippen molar-refractivity contribution in [1.29, 1.82) is 0 Å². The number of piperidine rings is 1. The smallest absolute Gasteiger partial charge is 0.254 e. The Morgan fingerprint density at radius 2 is 1.70 bits per heavy atom. The summed E-state index contributed by atoms with van der Waals surface area (Å²) in [5.41, 5.74) is 0.562. The van der Waals surface area contributed by atoms with E-state index in [1.807, 2.05) is 23.1 Å². The third kappa shape index (κ3) is 5.48. The molecule has 0 aliphatic carbocycles. The third-order valence-electron chi connectivity index (χ3n) is 5.44. The van der Waals surface area contributed by atoms with Crippen molar-refractivity contribution in [1.82, 2.24) is 15.1 Å². The Hall–Kier alpha value is -1.05. The van der Waals surface area contributed by atoms with Crippen molar-refractivity contribution in [2.75, 3.05) is 53.5 Å². The van der Waals surface area contributed by atoms with E-state index in [1.54, 1.807) is 14.2 Å². The van der Waals surface area contributed by atoms with Gasteiger partial charge in [0, 0.05) is 45.4 Å². The summed E-state index contributed by atoms with van der Waals surface area (Å²) < 4.78 is 11.1. The fourth-order valence-corrected chi connectivity index (χ4v) is 3.81. The minimum Gasteiger partial charge on any atom is -0.496 e. The van der Waals surface area contributed by atoms with E-state index < -0.39 is 5.60 Å². The third-order valence-corrected chi connectivity index (χ3v) is 5.44. The Balaban J connectivity index is 0.00000182. The Labute approximate surface area is 174 Å². The van der Waals surface area contributed by atoms with E-state index in [-0.39, 0.29) is 30.7 Å². The first kappa shape index (κ1) is 24.0. The zero-order chi connectivity index (χ0) is 17.7. The first-order valence-corrected chi connectivity index (χ1v) is 9.08. The van der Waals surface area contributed by atoms with Crippen LogP contribution in [0.15, 0.2) is 24.3 Å². The van der Waals surface area contributed by atoms with Gasteiger partial charge in [-0.25, -0.2) is 0 Å². The van der Waals surface area contributed by atoms with Gasteiger partial charge < -0.3 is 19.7 Å². The lowest BCUT2D eigenvalue weighted by Gasteiger charge is -2.42. The molecule has 27 heavy (non-hydrogen) atoms. The number of benzene rings is 1. The average molecular weight is 420 g/mol. The molecule has 0 unspecified atom stereocenters.